The van der Waals surface area contributed by atoms with Crippen LogP contribution in [-0.2, 0) is 28.6 Å². The first-order valence-electron chi connectivity index (χ1n) is 19.9. The average molecular weight is 727 g/mol. The molecule has 0 aromatic heterocycles. The molecule has 2 fully saturated rings. The van der Waals surface area contributed by atoms with Crippen LogP contribution in [0.3, 0.4) is 0 Å². The van der Waals surface area contributed by atoms with E-state index < -0.39 is 23.6 Å². The second kappa shape index (κ2) is 22.5. The minimum atomic E-state index is -0.505. The molecule has 0 amide bonds. The maximum Gasteiger partial charge on any atom is 0.306 e. The van der Waals surface area contributed by atoms with Crippen molar-refractivity contribution in [2.75, 3.05) is 26.4 Å². The van der Waals surface area contributed by atoms with Gasteiger partial charge in [-0.2, -0.15) is 0 Å². The minimum absolute atomic E-state index is 0.0120. The van der Waals surface area contributed by atoms with E-state index in [0.717, 1.165) is 55.4 Å². The summed E-state index contributed by atoms with van der Waals surface area (Å²) in [5.74, 6) is 1.16. The number of rotatable bonds is 21. The van der Waals surface area contributed by atoms with Crippen LogP contribution in [0.5, 0.6) is 5.75 Å². The van der Waals surface area contributed by atoms with E-state index in [9.17, 15) is 14.4 Å². The smallest absolute Gasteiger partial charge is 0.306 e. The maximum atomic E-state index is 15.4. The van der Waals surface area contributed by atoms with Crippen LogP contribution >= 0.6 is 0 Å². The molecule has 2 aliphatic rings. The third kappa shape index (κ3) is 14.1. The Labute approximate surface area is 309 Å². The highest BCUT2D eigenvalue weighted by atomic mass is 19.1. The Morgan fingerprint density at radius 3 is 1.69 bits per heavy atom. The van der Waals surface area contributed by atoms with Gasteiger partial charge in [-0.05, 0) is 136 Å². The molecule has 0 atom stereocenters. The topological polar surface area (TPSA) is 88.1 Å². The molecule has 2 aromatic carbocycles. The third-order valence-electron chi connectivity index (χ3n) is 10.9. The van der Waals surface area contributed by atoms with E-state index in [1.54, 1.807) is 36.4 Å². The van der Waals surface area contributed by atoms with Crippen molar-refractivity contribution < 1.29 is 42.1 Å². The molecule has 4 rings (SSSR count). The Hall–Kier alpha value is -3.49. The molecule has 2 saturated carbocycles. The SMILES string of the molecule is CCCC1CCC(C2CCC(c3cc(F)c(-c4ccc(OCCCCCCOC(=O)CCC(=O)OCCCCOC(C)=O)cc4)c(F)c3)CC2)CC1. The zero-order valence-corrected chi connectivity index (χ0v) is 31.4. The van der Waals surface area contributed by atoms with Crippen molar-refractivity contribution in [3.05, 3.63) is 53.6 Å². The van der Waals surface area contributed by atoms with Gasteiger partial charge in [0.1, 0.15) is 17.4 Å². The molecule has 0 spiro atoms. The van der Waals surface area contributed by atoms with Gasteiger partial charge in [0.25, 0.3) is 0 Å². The van der Waals surface area contributed by atoms with Crippen molar-refractivity contribution in [2.45, 2.75) is 135 Å². The monoisotopic (exact) mass is 726 g/mol. The Kier molecular flexibility index (Phi) is 17.9. The van der Waals surface area contributed by atoms with E-state index in [2.05, 4.69) is 6.92 Å². The quantitative estimate of drug-likeness (QED) is 0.0719. The van der Waals surface area contributed by atoms with Gasteiger partial charge in [0, 0.05) is 6.92 Å². The lowest BCUT2D eigenvalue weighted by Crippen LogP contribution is -2.25. The Morgan fingerprint density at radius 2 is 1.15 bits per heavy atom. The predicted octanol–water partition coefficient (Wildman–Crippen LogP) is 10.7. The van der Waals surface area contributed by atoms with Gasteiger partial charge in [0.2, 0.25) is 0 Å². The lowest BCUT2D eigenvalue weighted by Gasteiger charge is -2.38. The molecular formula is C43H60F2O7. The highest BCUT2D eigenvalue weighted by molar-refractivity contribution is 5.77. The number of halogens is 2. The van der Waals surface area contributed by atoms with Gasteiger partial charge in [-0.3, -0.25) is 14.4 Å². The molecule has 0 aliphatic heterocycles. The molecule has 52 heavy (non-hydrogen) atoms. The molecule has 0 bridgehead atoms. The minimum Gasteiger partial charge on any atom is -0.494 e. The second-order valence-electron chi connectivity index (χ2n) is 14.8. The highest BCUT2D eigenvalue weighted by Crippen LogP contribution is 2.45. The number of esters is 3. The summed E-state index contributed by atoms with van der Waals surface area (Å²) in [5.41, 5.74) is 1.30. The number of unbranched alkanes of at least 4 members (excludes halogenated alkanes) is 4. The number of carbonyl (C=O) groups excluding carboxylic acids is 3. The van der Waals surface area contributed by atoms with Crippen molar-refractivity contribution in [3.63, 3.8) is 0 Å². The predicted molar refractivity (Wildman–Crippen MR) is 198 cm³/mol. The molecular weight excluding hydrogens is 666 g/mol. The summed E-state index contributed by atoms with van der Waals surface area (Å²) in [6.45, 7) is 4.94. The van der Waals surface area contributed by atoms with Crippen LogP contribution in [-0.4, -0.2) is 44.3 Å². The van der Waals surface area contributed by atoms with Gasteiger partial charge >= 0.3 is 17.9 Å². The number of ether oxygens (including phenoxy) is 4. The summed E-state index contributed by atoms with van der Waals surface area (Å²) in [6, 6.07) is 10.0. The number of benzene rings is 2. The van der Waals surface area contributed by atoms with Gasteiger partial charge in [0.15, 0.2) is 0 Å². The van der Waals surface area contributed by atoms with E-state index in [1.165, 1.54) is 58.3 Å². The first-order valence-corrected chi connectivity index (χ1v) is 19.9. The van der Waals surface area contributed by atoms with Crippen molar-refractivity contribution in [1.82, 2.24) is 0 Å². The van der Waals surface area contributed by atoms with Gasteiger partial charge in [-0.25, -0.2) is 8.78 Å². The van der Waals surface area contributed by atoms with Crippen LogP contribution in [0.1, 0.15) is 141 Å². The zero-order valence-electron chi connectivity index (χ0n) is 31.4. The summed E-state index contributed by atoms with van der Waals surface area (Å²) in [6.07, 6.45) is 16.9. The third-order valence-corrected chi connectivity index (χ3v) is 10.9. The van der Waals surface area contributed by atoms with Crippen LogP contribution < -0.4 is 4.74 Å². The fraction of sp³-hybridized carbons (Fsp3) is 0.651. The van der Waals surface area contributed by atoms with Crippen molar-refractivity contribution in [3.8, 4) is 16.9 Å². The molecule has 288 valence electrons. The van der Waals surface area contributed by atoms with Gasteiger partial charge in [0.05, 0.1) is 44.8 Å². The summed E-state index contributed by atoms with van der Waals surface area (Å²) < 4.78 is 51.7. The summed E-state index contributed by atoms with van der Waals surface area (Å²) in [5, 5.41) is 0. The molecule has 0 unspecified atom stereocenters. The summed E-state index contributed by atoms with van der Waals surface area (Å²) >= 11 is 0. The largest absolute Gasteiger partial charge is 0.494 e. The first-order chi connectivity index (χ1) is 25.2. The van der Waals surface area contributed by atoms with E-state index in [0.29, 0.717) is 50.4 Å². The molecule has 0 radical (unpaired) electrons. The Morgan fingerprint density at radius 1 is 0.654 bits per heavy atom. The molecule has 0 saturated heterocycles. The fourth-order valence-corrected chi connectivity index (χ4v) is 7.99. The number of hydrogen-bond acceptors (Lipinski definition) is 7. The average Bonchev–Trinajstić information content (AvgIpc) is 3.14. The molecule has 0 heterocycles. The lowest BCUT2D eigenvalue weighted by atomic mass is 9.68. The van der Waals surface area contributed by atoms with Crippen molar-refractivity contribution in [1.29, 1.82) is 0 Å². The van der Waals surface area contributed by atoms with E-state index >= 15 is 8.78 Å². The normalized spacial score (nSPS) is 20.2. The highest BCUT2D eigenvalue weighted by Gasteiger charge is 2.31. The van der Waals surface area contributed by atoms with Crippen LogP contribution in [0.4, 0.5) is 8.78 Å². The zero-order chi connectivity index (χ0) is 37.1. The number of carbonyl (C=O) groups is 3. The van der Waals surface area contributed by atoms with E-state index in [1.807, 2.05) is 0 Å². The van der Waals surface area contributed by atoms with Crippen molar-refractivity contribution in [2.24, 2.45) is 17.8 Å². The molecule has 7 nitrogen and oxygen atoms in total. The Bertz CT molecular complexity index is 1360. The van der Waals surface area contributed by atoms with E-state index in [4.69, 9.17) is 18.9 Å². The second-order valence-corrected chi connectivity index (χ2v) is 14.8. The van der Waals surface area contributed by atoms with Crippen LogP contribution in [0.25, 0.3) is 11.1 Å². The molecule has 2 aromatic rings. The summed E-state index contributed by atoms with van der Waals surface area (Å²) in [7, 11) is 0. The first kappa shape index (κ1) is 41.3. The molecule has 0 N–H and O–H groups in total. The number of hydrogen-bond donors (Lipinski definition) is 0. The standard InChI is InChI=1S/C43H60F2O7/c1-3-10-32-11-13-33(14-12-32)34-15-17-35(18-16-34)37-29-39(44)43(40(45)30-37)36-19-21-38(22-20-36)50-26-6-4-5-7-27-51-41(47)23-24-42(48)52-28-9-8-25-49-31(2)46/h19-22,29-30,32-35H,3-18,23-28H2,1-2H3. The van der Waals surface area contributed by atoms with Crippen molar-refractivity contribution >= 4 is 17.9 Å². The lowest BCUT2D eigenvalue weighted by molar-refractivity contribution is -0.150. The van der Waals surface area contributed by atoms with Crippen LogP contribution in [0.15, 0.2) is 36.4 Å². The van der Waals surface area contributed by atoms with Gasteiger partial charge in [-0.15, -0.1) is 0 Å². The van der Waals surface area contributed by atoms with Gasteiger partial charge < -0.3 is 18.9 Å². The maximum absolute atomic E-state index is 15.4. The van der Waals surface area contributed by atoms with Gasteiger partial charge in [-0.1, -0.05) is 44.7 Å². The fourth-order valence-electron chi connectivity index (χ4n) is 7.99. The van der Waals surface area contributed by atoms with E-state index in [-0.39, 0.29) is 36.9 Å². The van der Waals surface area contributed by atoms with Crippen LogP contribution in [0, 0.1) is 29.4 Å². The Balaban J connectivity index is 1.06. The molecule has 9 heteroatoms. The molecule has 2 aliphatic carbocycles. The summed E-state index contributed by atoms with van der Waals surface area (Å²) in [4.78, 5) is 34.3. The van der Waals surface area contributed by atoms with Crippen LogP contribution in [0.2, 0.25) is 0 Å².